The highest BCUT2D eigenvalue weighted by atomic mass is 19.3. The fourth-order valence-corrected chi connectivity index (χ4v) is 11.3. The Labute approximate surface area is 491 Å². The summed E-state index contributed by atoms with van der Waals surface area (Å²) >= 11 is 0. The maximum Gasteiger partial charge on any atom is 0.317 e. The lowest BCUT2D eigenvalue weighted by atomic mass is 9.99. The van der Waals surface area contributed by atoms with Crippen molar-refractivity contribution in [2.75, 3.05) is 103 Å². The van der Waals surface area contributed by atoms with E-state index in [1.165, 1.54) is 0 Å². The lowest BCUT2D eigenvalue weighted by molar-refractivity contribution is -0.140. The summed E-state index contributed by atoms with van der Waals surface area (Å²) in [6, 6.07) is 15.1. The number of nitriles is 1. The van der Waals surface area contributed by atoms with E-state index in [0.29, 0.717) is 24.2 Å². The van der Waals surface area contributed by atoms with Gasteiger partial charge < -0.3 is 52.1 Å². The fourth-order valence-electron chi connectivity index (χ4n) is 11.3. The number of nitrogen functional groups attached to an aromatic ring is 1. The molecule has 3 aromatic carbocycles. The molecule has 4 aliphatic heterocycles. The number of anilines is 2. The van der Waals surface area contributed by atoms with Crippen LogP contribution in [0.5, 0.6) is 0 Å². The third-order valence-corrected chi connectivity index (χ3v) is 16.0. The van der Waals surface area contributed by atoms with E-state index in [0.717, 1.165) is 43.8 Å². The van der Waals surface area contributed by atoms with Crippen molar-refractivity contribution in [3.63, 3.8) is 0 Å². The van der Waals surface area contributed by atoms with Crippen molar-refractivity contribution in [3.05, 3.63) is 82.4 Å². The number of alkyl halides is 2. The van der Waals surface area contributed by atoms with Crippen molar-refractivity contribution in [2.45, 2.75) is 102 Å². The van der Waals surface area contributed by atoms with Gasteiger partial charge in [0, 0.05) is 109 Å². The molecule has 3 aromatic rings. The third-order valence-electron chi connectivity index (χ3n) is 16.0. The topological polar surface area (TPSA) is 332 Å². The number of unbranched alkanes of at least 4 members (excludes halogenated alkanes) is 1. The molecular weight excluding hydrogens is 1110 g/mol. The number of halogens is 2. The lowest BCUT2D eigenvalue weighted by Gasteiger charge is -2.32. The Morgan fingerprint density at radius 3 is 1.94 bits per heavy atom. The number of hydrogen-bond donors (Lipinski definition) is 8. The molecule has 3 saturated heterocycles. The molecule has 1 unspecified atom stereocenters. The van der Waals surface area contributed by atoms with E-state index in [1.807, 2.05) is 67.3 Å². The van der Waals surface area contributed by atoms with Crippen LogP contribution in [0.25, 0.3) is 11.1 Å². The average molecular weight is 1180 g/mol. The van der Waals surface area contributed by atoms with Gasteiger partial charge in [-0.1, -0.05) is 30.3 Å². The zero-order valence-corrected chi connectivity index (χ0v) is 48.0. The number of aryl methyl sites for hydroxylation is 3. The van der Waals surface area contributed by atoms with E-state index in [-0.39, 0.29) is 142 Å². The lowest BCUT2D eigenvalue weighted by Crippen LogP contribution is -2.49. The molecule has 0 radical (unpaired) electrons. The van der Waals surface area contributed by atoms with E-state index < -0.39 is 84.5 Å². The van der Waals surface area contributed by atoms with Gasteiger partial charge in [-0.25, -0.2) is 8.78 Å². The summed E-state index contributed by atoms with van der Waals surface area (Å²) in [5, 5.41) is 49.4. The molecule has 0 spiro atoms. The van der Waals surface area contributed by atoms with Gasteiger partial charge in [-0.3, -0.25) is 62.8 Å². The maximum absolute atomic E-state index is 14.2. The van der Waals surface area contributed by atoms with Crippen LogP contribution in [-0.2, 0) is 62.7 Å². The first-order chi connectivity index (χ1) is 40.4. The van der Waals surface area contributed by atoms with Gasteiger partial charge in [0.1, 0.15) is 18.1 Å². The summed E-state index contributed by atoms with van der Waals surface area (Å²) < 4.78 is 28.2. The standard InChI is InChI=1S/C59H76F2N12O12/c1-37-24-40(9-12-46(37)63)41-10-13-47(38(2)25-41)66-57(84)48(8-3-4-15-64-51(75)32-68-16-18-69(33-53(77)78)20-22-71(35-55(81)82)23-21-70(19-17-68)34-54(79)80)65-50(74)14-11-39-6-5-7-42-30-72(31-45(39)42)52(76)27-43-26-49(67-56(43)83)58(85)73-36-59(60,61)28-44(73)29-62/h5-7,9-10,12-13,24-25,43-44,48-49H,3-4,8,11,14-23,26-28,30-36,63H2,1-2H3,(H,64,75)(H,65,74)(H,66,84)(H,67,83)(H,77,78)(H,79,80)(H,81,82)/t43-,44-,48?,49-/m0/s1. The molecular formula is C59H76F2N12O12. The first kappa shape index (κ1) is 64.4. The van der Waals surface area contributed by atoms with Crippen LogP contribution < -0.4 is 27.0 Å². The highest BCUT2D eigenvalue weighted by molar-refractivity contribution is 5.98. The number of benzene rings is 3. The molecule has 24 nitrogen and oxygen atoms in total. The van der Waals surface area contributed by atoms with Crippen LogP contribution in [0, 0.1) is 31.1 Å². The maximum atomic E-state index is 14.2. The second-order valence-electron chi connectivity index (χ2n) is 22.5. The SMILES string of the molecule is Cc1cc(-c2ccc(NC(=O)C(CCCCNC(=O)CN3CCN(CC(=O)O)CCN(CC(=O)O)CCN(CC(=O)O)CC3)NC(=O)CCc3cccc4c3CN(C(=O)C[C@@H]3C[C@@H](C(=O)N5CC(F)(F)C[C@H]5C#N)NC3=O)C4)c(C)c2)ccc1N. The van der Waals surface area contributed by atoms with Crippen LogP contribution in [-0.4, -0.2) is 214 Å². The molecule has 26 heteroatoms. The number of nitrogens with one attached hydrogen (secondary N) is 4. The van der Waals surface area contributed by atoms with Gasteiger partial charge in [0.15, 0.2) is 0 Å². The minimum absolute atomic E-state index is 0.0198. The molecule has 4 heterocycles. The Hall–Kier alpha value is -8.12. The molecule has 4 atom stereocenters. The molecule has 458 valence electrons. The van der Waals surface area contributed by atoms with Gasteiger partial charge in [0.05, 0.1) is 38.8 Å². The van der Waals surface area contributed by atoms with Crippen LogP contribution in [0.15, 0.2) is 54.6 Å². The first-order valence-electron chi connectivity index (χ1n) is 28.6. The van der Waals surface area contributed by atoms with Crippen molar-refractivity contribution in [3.8, 4) is 17.2 Å². The zero-order valence-electron chi connectivity index (χ0n) is 48.0. The van der Waals surface area contributed by atoms with E-state index in [4.69, 9.17) is 5.73 Å². The molecule has 85 heavy (non-hydrogen) atoms. The Kier molecular flexibility index (Phi) is 22.4. The molecule has 9 N–H and O–H groups in total. The van der Waals surface area contributed by atoms with Gasteiger partial charge in [0.25, 0.3) is 5.92 Å². The monoisotopic (exact) mass is 1180 g/mol. The van der Waals surface area contributed by atoms with Crippen molar-refractivity contribution in [1.82, 2.24) is 45.3 Å². The van der Waals surface area contributed by atoms with Crippen LogP contribution in [0.2, 0.25) is 0 Å². The smallest absolute Gasteiger partial charge is 0.317 e. The molecule has 0 aliphatic carbocycles. The predicted octanol–water partition coefficient (Wildman–Crippen LogP) is 1.87. The van der Waals surface area contributed by atoms with Gasteiger partial charge in [0.2, 0.25) is 35.4 Å². The van der Waals surface area contributed by atoms with Gasteiger partial charge >= 0.3 is 17.9 Å². The molecule has 0 saturated carbocycles. The highest BCUT2D eigenvalue weighted by Gasteiger charge is 2.50. The van der Waals surface area contributed by atoms with Crippen molar-refractivity contribution >= 4 is 64.7 Å². The Morgan fingerprint density at radius 2 is 1.36 bits per heavy atom. The summed E-state index contributed by atoms with van der Waals surface area (Å²) in [5.74, 6) is -10.2. The number of carbonyl (C=O) groups excluding carboxylic acids is 6. The Balaban J connectivity index is 0.950. The molecule has 0 bridgehead atoms. The number of rotatable bonds is 23. The molecule has 4 aliphatic rings. The van der Waals surface area contributed by atoms with Crippen molar-refractivity contribution in [2.24, 2.45) is 5.92 Å². The van der Waals surface area contributed by atoms with Crippen LogP contribution in [0.3, 0.4) is 0 Å². The number of nitrogens with two attached hydrogens (primary N) is 1. The van der Waals surface area contributed by atoms with E-state index in [9.17, 15) is 72.5 Å². The molecule has 0 aromatic heterocycles. The second-order valence-corrected chi connectivity index (χ2v) is 22.5. The summed E-state index contributed by atoms with van der Waals surface area (Å²) in [6.07, 6.45) is 0.151. The largest absolute Gasteiger partial charge is 0.480 e. The molecule has 6 amide bonds. The molecule has 3 fully saturated rings. The van der Waals surface area contributed by atoms with Crippen molar-refractivity contribution in [1.29, 1.82) is 5.26 Å². The minimum atomic E-state index is -3.23. The summed E-state index contributed by atoms with van der Waals surface area (Å²) in [5.41, 5.74) is 13.3. The van der Waals surface area contributed by atoms with Gasteiger partial charge in [-0.05, 0) is 109 Å². The minimum Gasteiger partial charge on any atom is -0.480 e. The number of carbonyl (C=O) groups is 9. The normalized spacial score (nSPS) is 20.0. The first-order valence-corrected chi connectivity index (χ1v) is 28.6. The number of nitrogens with zero attached hydrogens (tertiary/aromatic N) is 7. The summed E-state index contributed by atoms with van der Waals surface area (Å²) in [6.45, 7) is 4.47. The number of amides is 6. The van der Waals surface area contributed by atoms with Crippen LogP contribution in [0.4, 0.5) is 20.2 Å². The van der Waals surface area contributed by atoms with E-state index in [2.05, 4.69) is 21.3 Å². The second kappa shape index (κ2) is 29.6. The average Bonchev–Trinajstić information content (AvgIpc) is 3.69. The summed E-state index contributed by atoms with van der Waals surface area (Å²) in [7, 11) is 0. The van der Waals surface area contributed by atoms with Crippen molar-refractivity contribution < 1.29 is 67.3 Å². The summed E-state index contributed by atoms with van der Waals surface area (Å²) in [4.78, 5) is 126. The van der Waals surface area contributed by atoms with E-state index in [1.54, 1.807) is 31.7 Å². The highest BCUT2D eigenvalue weighted by Crippen LogP contribution is 2.35. The number of hydrogen-bond acceptors (Lipinski definition) is 15. The van der Waals surface area contributed by atoms with Crippen LogP contribution in [0.1, 0.15) is 72.8 Å². The number of aliphatic carboxylic acids is 3. The van der Waals surface area contributed by atoms with Gasteiger partial charge in [-0.2, -0.15) is 5.26 Å². The Bertz CT molecular complexity index is 3000. The molecule has 7 rings (SSSR count). The quantitative estimate of drug-likeness (QED) is 0.0496. The number of carboxylic acids is 3. The predicted molar refractivity (Wildman–Crippen MR) is 306 cm³/mol. The fraction of sp³-hybridized carbons (Fsp3) is 0.525. The van der Waals surface area contributed by atoms with Gasteiger partial charge in [-0.15, -0.1) is 0 Å². The number of fused-ring (bicyclic) bond motifs is 1. The third kappa shape index (κ3) is 18.7. The Morgan fingerprint density at radius 1 is 0.776 bits per heavy atom. The van der Waals surface area contributed by atoms with Crippen LogP contribution >= 0.6 is 0 Å². The number of carboxylic acid groups (broad SMARTS) is 3. The van der Waals surface area contributed by atoms with E-state index >= 15 is 0 Å². The zero-order chi connectivity index (χ0) is 61.5. The number of likely N-dealkylation sites (tertiary alicyclic amines) is 1.